The van der Waals surface area contributed by atoms with Crippen LogP contribution in [0.1, 0.15) is 44.1 Å². The first-order chi connectivity index (χ1) is 14.6. The summed E-state index contributed by atoms with van der Waals surface area (Å²) in [5, 5.41) is 30.1. The number of fused-ring (bicyclic) bond motifs is 3. The first-order valence-electron chi connectivity index (χ1n) is 10.8. The van der Waals surface area contributed by atoms with Gasteiger partial charge in [0.25, 0.3) is 0 Å². The number of rotatable bonds is 5. The molecule has 2 aromatic rings. The normalized spacial score (nSPS) is 24.2. The Kier molecular flexibility index (Phi) is 4.72. The van der Waals surface area contributed by atoms with E-state index in [0.29, 0.717) is 23.7 Å². The third-order valence-electron chi connectivity index (χ3n) is 7.39. The molecule has 2 N–H and O–H groups in total. The van der Waals surface area contributed by atoms with Crippen molar-refractivity contribution < 1.29 is 14.8 Å². The van der Waals surface area contributed by atoms with Gasteiger partial charge in [0.2, 0.25) is 0 Å². The summed E-state index contributed by atoms with van der Waals surface area (Å²) in [5.41, 5.74) is 3.66. The number of nitriles is 1. The number of anilines is 1. The van der Waals surface area contributed by atoms with E-state index in [1.165, 1.54) is 5.57 Å². The Morgan fingerprint density at radius 1 is 1.33 bits per heavy atom. The predicted molar refractivity (Wildman–Crippen MR) is 116 cm³/mol. The zero-order chi connectivity index (χ0) is 20.9. The second-order valence-corrected chi connectivity index (χ2v) is 8.91. The predicted octanol–water partition coefficient (Wildman–Crippen LogP) is 3.43. The van der Waals surface area contributed by atoms with Crippen molar-refractivity contribution in [3.63, 3.8) is 0 Å². The fraction of sp³-hybridized carbons (Fsp3) is 0.478. The van der Waals surface area contributed by atoms with Crippen LogP contribution in [0.2, 0.25) is 6.32 Å². The molecule has 0 spiro atoms. The lowest BCUT2D eigenvalue weighted by molar-refractivity contribution is 0.187. The number of nitrogens with zero attached hydrogens (tertiary/aromatic N) is 3. The highest BCUT2D eigenvalue weighted by molar-refractivity contribution is 6.41. The molecule has 3 heterocycles. The monoisotopic (exact) mass is 403 g/mol. The molecule has 1 aromatic carbocycles. The van der Waals surface area contributed by atoms with Gasteiger partial charge in [0, 0.05) is 23.7 Å². The number of hydrogen-bond donors (Lipinski definition) is 2. The molecule has 30 heavy (non-hydrogen) atoms. The molecule has 6 nitrogen and oxygen atoms in total. The standard InChI is InChI=1S/C23H26BN3O3/c1-30-20-5-2-4-19-21(20)26-13-15(12-25)22(19)27-17-6-7-18(27)11-16(10-17)23(8-3-9-23)14-24(28)29/h2,4-5,10,13,17-18,28-29H,3,6-9,11,14H2,1H3. The summed E-state index contributed by atoms with van der Waals surface area (Å²) in [6.45, 7) is 0. The van der Waals surface area contributed by atoms with Crippen LogP contribution in [0.15, 0.2) is 36.0 Å². The molecule has 0 amide bonds. The molecule has 5 rings (SSSR count). The number of ether oxygens (including phenoxy) is 1. The highest BCUT2D eigenvalue weighted by atomic mass is 16.5. The molecule has 2 atom stereocenters. The summed E-state index contributed by atoms with van der Waals surface area (Å²) in [6, 6.07) is 8.75. The van der Waals surface area contributed by atoms with Crippen molar-refractivity contribution in [3.8, 4) is 11.8 Å². The molecule has 3 aliphatic rings. The average Bonchev–Trinajstić information content (AvgIpc) is 2.97. The smallest absolute Gasteiger partial charge is 0.452 e. The lowest BCUT2D eigenvalue weighted by atomic mass is 9.53. The minimum Gasteiger partial charge on any atom is -0.494 e. The van der Waals surface area contributed by atoms with Crippen LogP contribution in [0.5, 0.6) is 5.75 Å². The van der Waals surface area contributed by atoms with Crippen LogP contribution in [-0.4, -0.2) is 41.3 Å². The van der Waals surface area contributed by atoms with E-state index in [9.17, 15) is 15.3 Å². The molecule has 2 unspecified atom stereocenters. The van der Waals surface area contributed by atoms with Crippen LogP contribution in [0.3, 0.4) is 0 Å². The summed E-state index contributed by atoms with van der Waals surface area (Å²) in [5.74, 6) is 0.712. The molecule has 1 saturated heterocycles. The van der Waals surface area contributed by atoms with Crippen LogP contribution in [0.25, 0.3) is 10.9 Å². The van der Waals surface area contributed by atoms with Crippen LogP contribution in [0.4, 0.5) is 5.69 Å². The van der Waals surface area contributed by atoms with Crippen LogP contribution in [-0.2, 0) is 0 Å². The van der Waals surface area contributed by atoms with E-state index in [-0.39, 0.29) is 11.5 Å². The van der Waals surface area contributed by atoms with Crippen molar-refractivity contribution in [2.75, 3.05) is 12.0 Å². The van der Waals surface area contributed by atoms with E-state index in [1.807, 2.05) is 18.2 Å². The van der Waals surface area contributed by atoms with E-state index < -0.39 is 7.12 Å². The minimum atomic E-state index is -1.26. The highest BCUT2D eigenvalue weighted by Gasteiger charge is 2.48. The van der Waals surface area contributed by atoms with E-state index in [1.54, 1.807) is 13.3 Å². The Balaban J connectivity index is 1.59. The number of hydrogen-bond acceptors (Lipinski definition) is 6. The van der Waals surface area contributed by atoms with Gasteiger partial charge < -0.3 is 19.7 Å². The zero-order valence-electron chi connectivity index (χ0n) is 17.2. The maximum absolute atomic E-state index is 9.84. The van der Waals surface area contributed by atoms with Crippen molar-refractivity contribution in [1.82, 2.24) is 4.98 Å². The van der Waals surface area contributed by atoms with Crippen molar-refractivity contribution in [1.29, 1.82) is 5.26 Å². The zero-order valence-corrected chi connectivity index (χ0v) is 17.2. The number of para-hydroxylation sites is 1. The van der Waals surface area contributed by atoms with Gasteiger partial charge in [-0.1, -0.05) is 30.2 Å². The van der Waals surface area contributed by atoms with Gasteiger partial charge in [-0.05, 0) is 49.9 Å². The van der Waals surface area contributed by atoms with Gasteiger partial charge >= 0.3 is 7.12 Å². The van der Waals surface area contributed by atoms with Crippen LogP contribution in [0, 0.1) is 16.7 Å². The summed E-state index contributed by atoms with van der Waals surface area (Å²) in [6.07, 6.45) is 10.7. The van der Waals surface area contributed by atoms with Gasteiger partial charge in [0.15, 0.2) is 0 Å². The van der Waals surface area contributed by atoms with Gasteiger partial charge in [0.05, 0.1) is 18.4 Å². The van der Waals surface area contributed by atoms with Gasteiger partial charge in [-0.25, -0.2) is 0 Å². The number of benzene rings is 1. The highest BCUT2D eigenvalue weighted by Crippen LogP contribution is 2.55. The molecule has 2 fully saturated rings. The fourth-order valence-corrected chi connectivity index (χ4v) is 5.89. The lowest BCUT2D eigenvalue weighted by Gasteiger charge is -2.48. The molecule has 2 aliphatic heterocycles. The molecule has 2 bridgehead atoms. The molecule has 0 radical (unpaired) electrons. The van der Waals surface area contributed by atoms with Crippen LogP contribution >= 0.6 is 0 Å². The number of aromatic nitrogens is 1. The Bertz CT molecular complexity index is 1060. The van der Waals surface area contributed by atoms with Crippen molar-refractivity contribution in [2.24, 2.45) is 5.41 Å². The molecule has 1 aromatic heterocycles. The van der Waals surface area contributed by atoms with E-state index in [0.717, 1.165) is 55.1 Å². The SMILES string of the molecule is COc1cccc2c(N3C4C=C(C5(CB(O)O)CCC5)CC3CC4)c(C#N)cnc12. The maximum atomic E-state index is 9.84. The summed E-state index contributed by atoms with van der Waals surface area (Å²) in [7, 11) is 0.380. The van der Waals surface area contributed by atoms with E-state index >= 15 is 0 Å². The van der Waals surface area contributed by atoms with Crippen molar-refractivity contribution >= 4 is 23.7 Å². The van der Waals surface area contributed by atoms with E-state index in [4.69, 9.17) is 4.74 Å². The summed E-state index contributed by atoms with van der Waals surface area (Å²) < 4.78 is 5.51. The van der Waals surface area contributed by atoms with Crippen LogP contribution < -0.4 is 9.64 Å². The minimum absolute atomic E-state index is 0.0529. The van der Waals surface area contributed by atoms with Gasteiger partial charge in [-0.3, -0.25) is 4.98 Å². The topological polar surface area (TPSA) is 89.6 Å². The largest absolute Gasteiger partial charge is 0.494 e. The average molecular weight is 403 g/mol. The maximum Gasteiger partial charge on any atom is 0.452 e. The third kappa shape index (κ3) is 2.90. The van der Waals surface area contributed by atoms with E-state index in [2.05, 4.69) is 22.0 Å². The molecule has 1 saturated carbocycles. The molecular formula is C23H26BN3O3. The fourth-order valence-electron chi connectivity index (χ4n) is 5.89. The Morgan fingerprint density at radius 3 is 2.80 bits per heavy atom. The summed E-state index contributed by atoms with van der Waals surface area (Å²) in [4.78, 5) is 6.92. The second-order valence-electron chi connectivity index (χ2n) is 8.91. The quantitative estimate of drug-likeness (QED) is 0.588. The summed E-state index contributed by atoms with van der Waals surface area (Å²) >= 11 is 0. The lowest BCUT2D eigenvalue weighted by Crippen LogP contribution is -2.45. The molecular weight excluding hydrogens is 377 g/mol. The first kappa shape index (κ1) is 19.4. The van der Waals surface area contributed by atoms with Gasteiger partial charge in [-0.15, -0.1) is 0 Å². The van der Waals surface area contributed by atoms with Gasteiger partial charge in [-0.2, -0.15) is 5.26 Å². The molecule has 7 heteroatoms. The number of pyridine rings is 1. The third-order valence-corrected chi connectivity index (χ3v) is 7.39. The Morgan fingerprint density at radius 2 is 2.17 bits per heavy atom. The number of methoxy groups -OCH3 is 1. The molecule has 1 aliphatic carbocycles. The Hall–Kier alpha value is -2.56. The first-order valence-corrected chi connectivity index (χ1v) is 10.8. The molecule has 154 valence electrons. The second kappa shape index (κ2) is 7.30. The van der Waals surface area contributed by atoms with Gasteiger partial charge in [0.1, 0.15) is 17.3 Å². The van der Waals surface area contributed by atoms with Crippen molar-refractivity contribution in [3.05, 3.63) is 41.6 Å². The Labute approximate surface area is 176 Å². The van der Waals surface area contributed by atoms with Crippen molar-refractivity contribution in [2.45, 2.75) is 56.9 Å².